The number of carbonyl (C=O) groups is 1. The van der Waals surface area contributed by atoms with Crippen LogP contribution < -0.4 is 11.3 Å². The number of hydrazine groups is 1. The quantitative estimate of drug-likeness (QED) is 0.469. The second-order valence-corrected chi connectivity index (χ2v) is 5.21. The van der Waals surface area contributed by atoms with Crippen molar-refractivity contribution in [1.82, 2.24) is 15.2 Å². The summed E-state index contributed by atoms with van der Waals surface area (Å²) < 4.78 is 5.47. The summed E-state index contributed by atoms with van der Waals surface area (Å²) in [6.07, 6.45) is 2.34. The van der Waals surface area contributed by atoms with Crippen molar-refractivity contribution in [3.63, 3.8) is 0 Å². The Hall–Kier alpha value is -1.37. The van der Waals surface area contributed by atoms with E-state index in [4.69, 9.17) is 10.3 Å². The molecule has 6 heteroatoms. The Morgan fingerprint density at radius 2 is 2.16 bits per heavy atom. The molecule has 1 aromatic rings. The van der Waals surface area contributed by atoms with Crippen LogP contribution in [-0.4, -0.2) is 48.9 Å². The van der Waals surface area contributed by atoms with Crippen molar-refractivity contribution in [3.8, 4) is 0 Å². The van der Waals surface area contributed by atoms with Gasteiger partial charge in [0.15, 0.2) is 5.76 Å². The molecule has 1 saturated heterocycles. The molecule has 1 aliphatic heterocycles. The van der Waals surface area contributed by atoms with Crippen LogP contribution in [0.5, 0.6) is 0 Å². The number of piperidine rings is 1. The van der Waals surface area contributed by atoms with Gasteiger partial charge in [0.05, 0.1) is 6.54 Å². The topological polar surface area (TPSA) is 74.7 Å². The molecule has 1 aromatic heterocycles. The largest absolute Gasteiger partial charge is 0.455 e. The van der Waals surface area contributed by atoms with E-state index in [0.717, 1.165) is 25.4 Å². The third-order valence-corrected chi connectivity index (χ3v) is 3.68. The van der Waals surface area contributed by atoms with Gasteiger partial charge in [0, 0.05) is 19.1 Å². The van der Waals surface area contributed by atoms with Gasteiger partial charge in [0.1, 0.15) is 5.76 Å². The molecule has 2 heterocycles. The number of nitrogen functional groups attached to an aromatic ring is 1. The number of carbonyl (C=O) groups excluding carboxylic acids is 1. The van der Waals surface area contributed by atoms with Crippen LogP contribution in [-0.2, 0) is 6.54 Å². The Morgan fingerprint density at radius 3 is 2.74 bits per heavy atom. The minimum atomic E-state index is -0.391. The fourth-order valence-electron chi connectivity index (χ4n) is 2.47. The van der Waals surface area contributed by atoms with E-state index in [1.54, 1.807) is 6.07 Å². The normalized spacial score (nSPS) is 17.9. The summed E-state index contributed by atoms with van der Waals surface area (Å²) in [5.41, 5.74) is 2.06. The maximum absolute atomic E-state index is 11.3. The maximum atomic E-state index is 11.3. The Kier molecular flexibility index (Phi) is 4.57. The number of nitrogens with zero attached hydrogens (tertiary/aromatic N) is 2. The first kappa shape index (κ1) is 14.0. The number of furan rings is 1. The summed E-state index contributed by atoms with van der Waals surface area (Å²) in [5.74, 6) is 5.75. The summed E-state index contributed by atoms with van der Waals surface area (Å²) in [6.45, 7) is 2.86. The predicted molar refractivity (Wildman–Crippen MR) is 72.3 cm³/mol. The van der Waals surface area contributed by atoms with E-state index in [0.29, 0.717) is 6.04 Å². The summed E-state index contributed by atoms with van der Waals surface area (Å²) >= 11 is 0. The minimum absolute atomic E-state index is 0.265. The van der Waals surface area contributed by atoms with Crippen molar-refractivity contribution in [3.05, 3.63) is 23.7 Å². The van der Waals surface area contributed by atoms with E-state index in [-0.39, 0.29) is 5.76 Å². The molecule has 1 fully saturated rings. The SMILES string of the molecule is CN(C)C1CCN(Cc2ccc(C(=O)NN)o2)CC1. The van der Waals surface area contributed by atoms with Gasteiger partial charge in [-0.05, 0) is 39.1 Å². The van der Waals surface area contributed by atoms with Gasteiger partial charge < -0.3 is 9.32 Å². The predicted octanol–water partition coefficient (Wildman–Crippen LogP) is 0.409. The molecule has 1 aliphatic rings. The number of nitrogens with two attached hydrogens (primary N) is 1. The number of amides is 1. The lowest BCUT2D eigenvalue weighted by atomic mass is 10.0. The second-order valence-electron chi connectivity index (χ2n) is 5.21. The van der Waals surface area contributed by atoms with Gasteiger partial charge in [-0.15, -0.1) is 0 Å². The molecular formula is C13H22N4O2. The van der Waals surface area contributed by atoms with Crippen LogP contribution in [0, 0.1) is 0 Å². The van der Waals surface area contributed by atoms with Crippen LogP contribution >= 0.6 is 0 Å². The van der Waals surface area contributed by atoms with E-state index in [1.807, 2.05) is 6.07 Å². The van der Waals surface area contributed by atoms with Crippen molar-refractivity contribution >= 4 is 5.91 Å². The molecule has 3 N–H and O–H groups in total. The first-order chi connectivity index (χ1) is 9.10. The van der Waals surface area contributed by atoms with Crippen LogP contribution in [0.1, 0.15) is 29.2 Å². The van der Waals surface area contributed by atoms with Crippen LogP contribution in [0.4, 0.5) is 0 Å². The fraction of sp³-hybridized carbons (Fsp3) is 0.615. The van der Waals surface area contributed by atoms with Crippen LogP contribution in [0.3, 0.4) is 0 Å². The third-order valence-electron chi connectivity index (χ3n) is 3.68. The zero-order chi connectivity index (χ0) is 13.8. The number of nitrogens with one attached hydrogen (secondary N) is 1. The van der Waals surface area contributed by atoms with Crippen molar-refractivity contribution in [2.75, 3.05) is 27.2 Å². The number of hydrogen-bond acceptors (Lipinski definition) is 5. The first-order valence-electron chi connectivity index (χ1n) is 6.58. The van der Waals surface area contributed by atoms with E-state index < -0.39 is 5.91 Å². The summed E-state index contributed by atoms with van der Waals surface area (Å²) in [4.78, 5) is 15.9. The van der Waals surface area contributed by atoms with Crippen molar-refractivity contribution in [1.29, 1.82) is 0 Å². The van der Waals surface area contributed by atoms with Gasteiger partial charge in [0.25, 0.3) is 0 Å². The van der Waals surface area contributed by atoms with Gasteiger partial charge in [-0.25, -0.2) is 5.84 Å². The number of likely N-dealkylation sites (tertiary alicyclic amines) is 1. The van der Waals surface area contributed by atoms with Crippen LogP contribution in [0.2, 0.25) is 0 Å². The zero-order valence-electron chi connectivity index (χ0n) is 11.6. The maximum Gasteiger partial charge on any atom is 0.300 e. The second kappa shape index (κ2) is 6.18. The Bertz CT molecular complexity index is 422. The van der Waals surface area contributed by atoms with Crippen molar-refractivity contribution < 1.29 is 9.21 Å². The fourth-order valence-corrected chi connectivity index (χ4v) is 2.47. The molecule has 0 saturated carbocycles. The molecule has 0 atom stereocenters. The van der Waals surface area contributed by atoms with Gasteiger partial charge >= 0.3 is 5.91 Å². The molecule has 6 nitrogen and oxygen atoms in total. The number of rotatable bonds is 4. The summed E-state index contributed by atoms with van der Waals surface area (Å²) in [7, 11) is 4.26. The lowest BCUT2D eigenvalue weighted by Gasteiger charge is -2.34. The zero-order valence-corrected chi connectivity index (χ0v) is 11.6. The molecule has 1 amide bonds. The molecule has 0 spiro atoms. The molecular weight excluding hydrogens is 244 g/mol. The molecule has 19 heavy (non-hydrogen) atoms. The number of hydrogen-bond donors (Lipinski definition) is 2. The molecule has 106 valence electrons. The standard InChI is InChI=1S/C13H22N4O2/c1-16(2)10-5-7-17(8-6-10)9-11-3-4-12(19-11)13(18)15-14/h3-4,10H,5-9,14H2,1-2H3,(H,15,18). The van der Waals surface area contributed by atoms with Gasteiger partial charge in [0.2, 0.25) is 0 Å². The average Bonchev–Trinajstić information content (AvgIpc) is 2.87. The highest BCUT2D eigenvalue weighted by Crippen LogP contribution is 2.17. The van der Waals surface area contributed by atoms with Crippen LogP contribution in [0.25, 0.3) is 0 Å². The highest BCUT2D eigenvalue weighted by Gasteiger charge is 2.21. The highest BCUT2D eigenvalue weighted by atomic mass is 16.4. The van der Waals surface area contributed by atoms with E-state index in [1.165, 1.54) is 12.8 Å². The molecule has 2 rings (SSSR count). The third kappa shape index (κ3) is 3.56. The Morgan fingerprint density at radius 1 is 1.47 bits per heavy atom. The van der Waals surface area contributed by atoms with Gasteiger partial charge in [-0.3, -0.25) is 15.1 Å². The molecule has 0 unspecified atom stereocenters. The van der Waals surface area contributed by atoms with Crippen LogP contribution in [0.15, 0.2) is 16.5 Å². The van der Waals surface area contributed by atoms with Crippen molar-refractivity contribution in [2.45, 2.75) is 25.4 Å². The molecule has 0 bridgehead atoms. The van der Waals surface area contributed by atoms with Gasteiger partial charge in [-0.2, -0.15) is 0 Å². The summed E-state index contributed by atoms with van der Waals surface area (Å²) in [5, 5.41) is 0. The molecule has 0 aromatic carbocycles. The van der Waals surface area contributed by atoms with Crippen molar-refractivity contribution in [2.24, 2.45) is 5.84 Å². The van der Waals surface area contributed by atoms with E-state index >= 15 is 0 Å². The average molecular weight is 266 g/mol. The Balaban J connectivity index is 1.85. The van der Waals surface area contributed by atoms with Gasteiger partial charge in [-0.1, -0.05) is 0 Å². The highest BCUT2D eigenvalue weighted by molar-refractivity contribution is 5.90. The van der Waals surface area contributed by atoms with E-state index in [9.17, 15) is 4.79 Å². The smallest absolute Gasteiger partial charge is 0.300 e. The minimum Gasteiger partial charge on any atom is -0.455 e. The summed E-state index contributed by atoms with van der Waals surface area (Å²) in [6, 6.07) is 4.17. The molecule has 0 radical (unpaired) electrons. The molecule has 0 aliphatic carbocycles. The lowest BCUT2D eigenvalue weighted by Crippen LogP contribution is -2.41. The first-order valence-corrected chi connectivity index (χ1v) is 6.58. The monoisotopic (exact) mass is 266 g/mol. The van der Waals surface area contributed by atoms with E-state index in [2.05, 4.69) is 29.3 Å². The lowest BCUT2D eigenvalue weighted by molar-refractivity contribution is 0.0918. The Labute approximate surface area is 113 Å².